The standard InChI is InChI=1S/C24H22N4O5/c1-15-11-17(12-18(14-25)24(29)26-19-5-8-21(32-3)9-6-19)16(2)27(15)22-13-20(28(30)31)7-10-23(22)33-4/h5-13H,1-4H3,(H,26,29)/b18-12-. The number of benzene rings is 2. The topological polar surface area (TPSA) is 119 Å². The molecule has 9 nitrogen and oxygen atoms in total. The summed E-state index contributed by atoms with van der Waals surface area (Å²) in [6.45, 7) is 3.62. The zero-order valence-electron chi connectivity index (χ0n) is 18.6. The number of nitrogens with zero attached hydrogens (tertiary/aromatic N) is 3. The first kappa shape index (κ1) is 23.1. The Balaban J connectivity index is 1.98. The number of ether oxygens (including phenoxy) is 2. The molecule has 1 N–H and O–H groups in total. The summed E-state index contributed by atoms with van der Waals surface area (Å²) in [6.07, 6.45) is 1.49. The molecule has 0 spiro atoms. The lowest BCUT2D eigenvalue weighted by Gasteiger charge is -2.14. The number of amides is 1. The monoisotopic (exact) mass is 446 g/mol. The molecule has 0 saturated carbocycles. The van der Waals surface area contributed by atoms with E-state index in [1.807, 2.05) is 13.0 Å². The van der Waals surface area contributed by atoms with E-state index in [-0.39, 0.29) is 11.3 Å². The van der Waals surface area contributed by atoms with E-state index in [4.69, 9.17) is 9.47 Å². The average Bonchev–Trinajstić information content (AvgIpc) is 3.09. The number of nitriles is 1. The number of aromatic nitrogens is 1. The average molecular weight is 446 g/mol. The van der Waals surface area contributed by atoms with Gasteiger partial charge in [-0.05, 0) is 61.9 Å². The van der Waals surface area contributed by atoms with Gasteiger partial charge < -0.3 is 19.4 Å². The number of hydrogen-bond donors (Lipinski definition) is 1. The maximum atomic E-state index is 12.7. The van der Waals surface area contributed by atoms with Gasteiger partial charge in [-0.25, -0.2) is 0 Å². The fraction of sp³-hybridized carbons (Fsp3) is 0.167. The number of nitro benzene ring substituents is 1. The molecule has 1 heterocycles. The number of nitro groups is 1. The lowest BCUT2D eigenvalue weighted by molar-refractivity contribution is -0.384. The fourth-order valence-electron chi connectivity index (χ4n) is 3.45. The molecule has 33 heavy (non-hydrogen) atoms. The van der Waals surface area contributed by atoms with Gasteiger partial charge in [0.25, 0.3) is 11.6 Å². The van der Waals surface area contributed by atoms with E-state index in [1.165, 1.54) is 31.4 Å². The normalized spacial score (nSPS) is 10.9. The van der Waals surface area contributed by atoms with Crippen LogP contribution in [0.2, 0.25) is 0 Å². The van der Waals surface area contributed by atoms with Crippen molar-refractivity contribution in [3.63, 3.8) is 0 Å². The highest BCUT2D eigenvalue weighted by atomic mass is 16.6. The van der Waals surface area contributed by atoms with E-state index in [1.54, 1.807) is 48.9 Å². The Labute approximate surface area is 190 Å². The van der Waals surface area contributed by atoms with Crippen molar-refractivity contribution in [3.8, 4) is 23.3 Å². The van der Waals surface area contributed by atoms with Crippen LogP contribution in [0.1, 0.15) is 17.0 Å². The zero-order chi connectivity index (χ0) is 24.1. The molecule has 1 aromatic heterocycles. The molecule has 9 heteroatoms. The van der Waals surface area contributed by atoms with Crippen LogP contribution < -0.4 is 14.8 Å². The van der Waals surface area contributed by atoms with E-state index in [2.05, 4.69) is 5.32 Å². The number of methoxy groups -OCH3 is 2. The molecule has 0 saturated heterocycles. The summed E-state index contributed by atoms with van der Waals surface area (Å²) in [4.78, 5) is 23.4. The van der Waals surface area contributed by atoms with Crippen molar-refractivity contribution >= 4 is 23.4 Å². The number of hydrogen-bond acceptors (Lipinski definition) is 6. The first-order valence-corrected chi connectivity index (χ1v) is 9.88. The van der Waals surface area contributed by atoms with Gasteiger partial charge in [-0.2, -0.15) is 5.26 Å². The molecule has 0 bridgehead atoms. The minimum absolute atomic E-state index is 0.0769. The van der Waals surface area contributed by atoms with Crippen molar-refractivity contribution in [2.24, 2.45) is 0 Å². The van der Waals surface area contributed by atoms with E-state index in [9.17, 15) is 20.2 Å². The predicted molar refractivity (Wildman–Crippen MR) is 124 cm³/mol. The Morgan fingerprint density at radius 2 is 1.82 bits per heavy atom. The van der Waals surface area contributed by atoms with Crippen LogP contribution in [0.3, 0.4) is 0 Å². The Hall–Kier alpha value is -4.58. The molecule has 0 radical (unpaired) electrons. The van der Waals surface area contributed by atoms with E-state index in [0.717, 1.165) is 5.69 Å². The van der Waals surface area contributed by atoms with Crippen LogP contribution >= 0.6 is 0 Å². The third-order valence-electron chi connectivity index (χ3n) is 5.10. The van der Waals surface area contributed by atoms with Gasteiger partial charge in [0, 0.05) is 29.2 Å². The minimum Gasteiger partial charge on any atom is -0.497 e. The van der Waals surface area contributed by atoms with Crippen LogP contribution in [0, 0.1) is 35.3 Å². The summed E-state index contributed by atoms with van der Waals surface area (Å²) in [5.41, 5.74) is 2.92. The first-order chi connectivity index (χ1) is 15.8. The Morgan fingerprint density at radius 1 is 1.12 bits per heavy atom. The van der Waals surface area contributed by atoms with Gasteiger partial charge in [0.15, 0.2) is 0 Å². The SMILES string of the molecule is COc1ccc(NC(=O)/C(C#N)=C\c2cc(C)n(-c3cc([N+](=O)[O-])ccc3OC)c2C)cc1. The van der Waals surface area contributed by atoms with Crippen LogP contribution in [-0.4, -0.2) is 29.6 Å². The second-order valence-corrected chi connectivity index (χ2v) is 7.13. The van der Waals surface area contributed by atoms with Crippen LogP contribution in [0.25, 0.3) is 11.8 Å². The third-order valence-corrected chi connectivity index (χ3v) is 5.10. The number of nitrogens with one attached hydrogen (secondary N) is 1. The lowest BCUT2D eigenvalue weighted by Crippen LogP contribution is -2.13. The summed E-state index contributed by atoms with van der Waals surface area (Å²) in [5.74, 6) is 0.546. The number of non-ortho nitro benzene ring substituents is 1. The van der Waals surface area contributed by atoms with Crippen LogP contribution in [0.5, 0.6) is 11.5 Å². The van der Waals surface area contributed by atoms with Crippen molar-refractivity contribution in [2.45, 2.75) is 13.8 Å². The molecule has 3 rings (SSSR count). The Bertz CT molecular complexity index is 1280. The summed E-state index contributed by atoms with van der Waals surface area (Å²) in [7, 11) is 3.03. The first-order valence-electron chi connectivity index (χ1n) is 9.88. The molecule has 168 valence electrons. The molecular formula is C24H22N4O5. The van der Waals surface area contributed by atoms with Crippen LogP contribution in [0.4, 0.5) is 11.4 Å². The highest BCUT2D eigenvalue weighted by molar-refractivity contribution is 6.09. The van der Waals surface area contributed by atoms with Crippen molar-refractivity contribution in [2.75, 3.05) is 19.5 Å². The van der Waals surface area contributed by atoms with Crippen LogP contribution in [-0.2, 0) is 4.79 Å². The third kappa shape index (κ3) is 4.85. The Kier molecular flexibility index (Phi) is 6.79. The highest BCUT2D eigenvalue weighted by Gasteiger charge is 2.18. The molecular weight excluding hydrogens is 424 g/mol. The second-order valence-electron chi connectivity index (χ2n) is 7.13. The van der Waals surface area contributed by atoms with Gasteiger partial charge >= 0.3 is 0 Å². The largest absolute Gasteiger partial charge is 0.497 e. The predicted octanol–water partition coefficient (Wildman–Crippen LogP) is 4.57. The molecule has 0 aliphatic heterocycles. The number of aryl methyl sites for hydroxylation is 1. The van der Waals surface area contributed by atoms with E-state index >= 15 is 0 Å². The van der Waals surface area contributed by atoms with Crippen molar-refractivity contribution in [1.29, 1.82) is 5.26 Å². The molecule has 0 unspecified atom stereocenters. The quantitative estimate of drug-likeness (QED) is 0.246. The molecule has 1 amide bonds. The maximum absolute atomic E-state index is 12.7. The van der Waals surface area contributed by atoms with E-state index in [0.29, 0.717) is 34.1 Å². The van der Waals surface area contributed by atoms with Gasteiger partial charge in [0.1, 0.15) is 23.1 Å². The molecule has 2 aromatic carbocycles. The fourth-order valence-corrected chi connectivity index (χ4v) is 3.45. The van der Waals surface area contributed by atoms with Gasteiger partial charge in [0.2, 0.25) is 0 Å². The maximum Gasteiger partial charge on any atom is 0.271 e. The van der Waals surface area contributed by atoms with Gasteiger partial charge in [-0.1, -0.05) is 0 Å². The molecule has 0 aliphatic rings. The molecule has 3 aromatic rings. The van der Waals surface area contributed by atoms with E-state index < -0.39 is 10.8 Å². The number of carbonyl (C=O) groups excluding carboxylic acids is 1. The van der Waals surface area contributed by atoms with Crippen molar-refractivity contribution in [3.05, 3.63) is 81.2 Å². The van der Waals surface area contributed by atoms with Crippen LogP contribution in [0.15, 0.2) is 54.1 Å². The lowest BCUT2D eigenvalue weighted by atomic mass is 10.1. The summed E-state index contributed by atoms with van der Waals surface area (Å²) in [5, 5.41) is 23.5. The smallest absolute Gasteiger partial charge is 0.271 e. The van der Waals surface area contributed by atoms with Crippen molar-refractivity contribution < 1.29 is 19.2 Å². The van der Waals surface area contributed by atoms with Crippen molar-refractivity contribution in [1.82, 2.24) is 4.57 Å². The minimum atomic E-state index is -0.555. The summed E-state index contributed by atoms with van der Waals surface area (Å²) >= 11 is 0. The number of anilines is 1. The van der Waals surface area contributed by atoms with Gasteiger partial charge in [-0.15, -0.1) is 0 Å². The summed E-state index contributed by atoms with van der Waals surface area (Å²) in [6, 6.07) is 14.8. The van der Waals surface area contributed by atoms with Gasteiger partial charge in [-0.3, -0.25) is 14.9 Å². The number of rotatable bonds is 7. The molecule has 0 fully saturated rings. The van der Waals surface area contributed by atoms with Gasteiger partial charge in [0.05, 0.1) is 24.8 Å². The molecule has 0 aliphatic carbocycles. The number of carbonyl (C=O) groups is 1. The highest BCUT2D eigenvalue weighted by Crippen LogP contribution is 2.32. The second kappa shape index (κ2) is 9.70. The Morgan fingerprint density at radius 3 is 2.39 bits per heavy atom. The molecule has 0 atom stereocenters. The zero-order valence-corrected chi connectivity index (χ0v) is 18.6. The summed E-state index contributed by atoms with van der Waals surface area (Å²) < 4.78 is 12.3.